The van der Waals surface area contributed by atoms with E-state index in [1.165, 1.54) is 57.8 Å². The molecule has 1 N–H and O–H groups in total. The van der Waals surface area contributed by atoms with E-state index in [0.29, 0.717) is 23.4 Å². The number of fused-ring (bicyclic) bond motifs is 3. The van der Waals surface area contributed by atoms with Crippen molar-refractivity contribution < 1.29 is 0 Å². The molecule has 4 atom stereocenters. The van der Waals surface area contributed by atoms with Crippen LogP contribution in [0.5, 0.6) is 0 Å². The van der Waals surface area contributed by atoms with Crippen LogP contribution in [0.4, 0.5) is 0 Å². The second-order valence-electron chi connectivity index (χ2n) is 9.71. The van der Waals surface area contributed by atoms with E-state index >= 15 is 0 Å². The molecule has 2 fully saturated rings. The van der Waals surface area contributed by atoms with Crippen molar-refractivity contribution >= 4 is 0 Å². The topological polar surface area (TPSA) is 12.0 Å². The lowest BCUT2D eigenvalue weighted by Gasteiger charge is -2.37. The van der Waals surface area contributed by atoms with Crippen molar-refractivity contribution in [3.8, 4) is 0 Å². The first kappa shape index (κ1) is 16.4. The van der Waals surface area contributed by atoms with Crippen molar-refractivity contribution in [3.05, 3.63) is 70.8 Å². The van der Waals surface area contributed by atoms with Crippen molar-refractivity contribution in [2.45, 2.75) is 81.2 Å². The summed E-state index contributed by atoms with van der Waals surface area (Å²) >= 11 is 0. The van der Waals surface area contributed by atoms with Crippen LogP contribution in [0.15, 0.2) is 48.5 Å². The number of nitrogens with one attached hydrogen (secondary N) is 1. The van der Waals surface area contributed by atoms with Crippen LogP contribution in [0.3, 0.4) is 0 Å². The molecule has 140 valence electrons. The standard InChI is InChI=1S/C26H31N/c1-2-8-18(9-3-1)14-15-19-16-26-17-23(21-11-6-7-13-24(21)26)20-10-4-5-12-22(20)25(26)27-19/h4-7,10-13,18-19,23,25,27H,1-3,8-9,14-17H2. The fourth-order valence-corrected chi connectivity index (χ4v) is 7.17. The molecule has 1 saturated carbocycles. The van der Waals surface area contributed by atoms with Gasteiger partial charge in [-0.1, -0.05) is 80.6 Å². The summed E-state index contributed by atoms with van der Waals surface area (Å²) in [4.78, 5) is 0. The summed E-state index contributed by atoms with van der Waals surface area (Å²) in [7, 11) is 0. The van der Waals surface area contributed by atoms with Crippen molar-refractivity contribution in [3.63, 3.8) is 0 Å². The Morgan fingerprint density at radius 2 is 1.52 bits per heavy atom. The molecule has 2 aromatic carbocycles. The Bertz CT molecular complexity index is 838. The lowest BCUT2D eigenvalue weighted by atomic mass is 9.67. The molecule has 0 radical (unpaired) electrons. The summed E-state index contributed by atoms with van der Waals surface area (Å²) in [5, 5.41) is 4.15. The second kappa shape index (κ2) is 6.21. The van der Waals surface area contributed by atoms with Gasteiger partial charge in [-0.2, -0.15) is 0 Å². The van der Waals surface area contributed by atoms with Gasteiger partial charge in [-0.3, -0.25) is 0 Å². The normalized spacial score (nSPS) is 34.1. The van der Waals surface area contributed by atoms with Crippen LogP contribution in [0, 0.1) is 5.92 Å². The third-order valence-corrected chi connectivity index (χ3v) is 8.34. The maximum atomic E-state index is 4.15. The van der Waals surface area contributed by atoms with Gasteiger partial charge in [0.25, 0.3) is 0 Å². The number of hydrogen-bond acceptors (Lipinski definition) is 1. The molecule has 0 amide bonds. The van der Waals surface area contributed by atoms with E-state index in [2.05, 4.69) is 53.8 Å². The fourth-order valence-electron chi connectivity index (χ4n) is 7.17. The van der Waals surface area contributed by atoms with E-state index in [1.54, 1.807) is 22.3 Å². The summed E-state index contributed by atoms with van der Waals surface area (Å²) in [6.45, 7) is 0. The number of hydrogen-bond donors (Lipinski definition) is 1. The molecule has 1 heteroatoms. The summed E-state index contributed by atoms with van der Waals surface area (Å²) in [6.07, 6.45) is 12.8. The van der Waals surface area contributed by atoms with Crippen molar-refractivity contribution in [1.29, 1.82) is 0 Å². The highest BCUT2D eigenvalue weighted by atomic mass is 15.0. The van der Waals surface area contributed by atoms with Crippen LogP contribution >= 0.6 is 0 Å². The molecule has 1 spiro atoms. The summed E-state index contributed by atoms with van der Waals surface area (Å²) < 4.78 is 0. The Hall–Kier alpha value is -1.60. The van der Waals surface area contributed by atoms with Gasteiger partial charge in [0.05, 0.1) is 0 Å². The van der Waals surface area contributed by atoms with Gasteiger partial charge in [0.1, 0.15) is 0 Å². The minimum atomic E-state index is 0.340. The summed E-state index contributed by atoms with van der Waals surface area (Å²) in [5.41, 5.74) is 6.78. The highest BCUT2D eigenvalue weighted by Crippen LogP contribution is 2.64. The van der Waals surface area contributed by atoms with Crippen LogP contribution in [0.25, 0.3) is 0 Å². The lowest BCUT2D eigenvalue weighted by Crippen LogP contribution is -2.35. The minimum absolute atomic E-state index is 0.340. The molecule has 3 aliphatic carbocycles. The molecular weight excluding hydrogens is 326 g/mol. The van der Waals surface area contributed by atoms with E-state index in [4.69, 9.17) is 0 Å². The summed E-state index contributed by atoms with van der Waals surface area (Å²) in [6, 6.07) is 19.9. The molecule has 2 bridgehead atoms. The van der Waals surface area contributed by atoms with Crippen LogP contribution in [0.1, 0.15) is 92.0 Å². The quantitative estimate of drug-likeness (QED) is 0.686. The van der Waals surface area contributed by atoms with Crippen molar-refractivity contribution in [2.24, 2.45) is 5.92 Å². The average molecular weight is 358 g/mol. The predicted molar refractivity (Wildman–Crippen MR) is 111 cm³/mol. The zero-order valence-electron chi connectivity index (χ0n) is 16.3. The third-order valence-electron chi connectivity index (χ3n) is 8.34. The largest absolute Gasteiger partial charge is 0.306 e. The molecule has 0 aromatic heterocycles. The molecule has 1 nitrogen and oxygen atoms in total. The van der Waals surface area contributed by atoms with Gasteiger partial charge in [-0.25, -0.2) is 0 Å². The first-order chi connectivity index (χ1) is 13.4. The SMILES string of the molecule is c1ccc2c(c1)C1CC3(CC(CCC4CCCCC4)NC23)c2ccccc21. The van der Waals surface area contributed by atoms with Gasteiger partial charge >= 0.3 is 0 Å². The maximum Gasteiger partial charge on any atom is 0.0424 e. The zero-order chi connectivity index (χ0) is 17.8. The Morgan fingerprint density at radius 3 is 2.37 bits per heavy atom. The van der Waals surface area contributed by atoms with Crippen LogP contribution in [0.2, 0.25) is 0 Å². The maximum absolute atomic E-state index is 4.15. The minimum Gasteiger partial charge on any atom is -0.306 e. The van der Waals surface area contributed by atoms with E-state index in [-0.39, 0.29) is 0 Å². The van der Waals surface area contributed by atoms with Gasteiger partial charge < -0.3 is 5.32 Å². The van der Waals surface area contributed by atoms with Crippen LogP contribution in [-0.2, 0) is 5.41 Å². The average Bonchev–Trinajstić information content (AvgIpc) is 3.25. The molecule has 1 saturated heterocycles. The molecule has 4 aliphatic rings. The monoisotopic (exact) mass is 357 g/mol. The smallest absolute Gasteiger partial charge is 0.0424 e. The van der Waals surface area contributed by atoms with Gasteiger partial charge in [0, 0.05) is 23.4 Å². The van der Waals surface area contributed by atoms with Gasteiger partial charge in [0.2, 0.25) is 0 Å². The van der Waals surface area contributed by atoms with E-state index in [9.17, 15) is 0 Å². The van der Waals surface area contributed by atoms with Crippen molar-refractivity contribution in [1.82, 2.24) is 5.32 Å². The number of rotatable bonds is 3. The van der Waals surface area contributed by atoms with Gasteiger partial charge in [-0.05, 0) is 53.9 Å². The fraction of sp³-hybridized carbons (Fsp3) is 0.538. The van der Waals surface area contributed by atoms with E-state index in [0.717, 1.165) is 5.92 Å². The third kappa shape index (κ3) is 2.40. The Kier molecular flexibility index (Phi) is 3.76. The Labute approximate surface area is 163 Å². The highest BCUT2D eigenvalue weighted by molar-refractivity contribution is 5.57. The molecule has 1 aliphatic heterocycles. The second-order valence-corrected chi connectivity index (χ2v) is 9.71. The molecule has 2 aromatic rings. The Balaban J connectivity index is 1.33. The molecule has 4 unspecified atom stereocenters. The van der Waals surface area contributed by atoms with Crippen LogP contribution in [-0.4, -0.2) is 6.04 Å². The number of benzene rings is 2. The highest BCUT2D eigenvalue weighted by Gasteiger charge is 2.58. The first-order valence-electron chi connectivity index (χ1n) is 11.3. The van der Waals surface area contributed by atoms with Gasteiger partial charge in [0.15, 0.2) is 0 Å². The Morgan fingerprint density at radius 1 is 0.778 bits per heavy atom. The van der Waals surface area contributed by atoms with E-state index in [1.807, 2.05) is 0 Å². The van der Waals surface area contributed by atoms with Crippen molar-refractivity contribution in [2.75, 3.05) is 0 Å². The molecule has 27 heavy (non-hydrogen) atoms. The van der Waals surface area contributed by atoms with Crippen LogP contribution < -0.4 is 5.32 Å². The summed E-state index contributed by atoms with van der Waals surface area (Å²) in [5.74, 6) is 1.61. The van der Waals surface area contributed by atoms with Gasteiger partial charge in [-0.15, -0.1) is 0 Å². The molecule has 6 rings (SSSR count). The predicted octanol–water partition coefficient (Wildman–Crippen LogP) is 6.24. The zero-order valence-corrected chi connectivity index (χ0v) is 16.3. The first-order valence-corrected chi connectivity index (χ1v) is 11.3. The lowest BCUT2D eigenvalue weighted by molar-refractivity contribution is 0.316. The molecule has 1 heterocycles. The molecular formula is C26H31N. The van der Waals surface area contributed by atoms with E-state index < -0.39 is 0 Å².